The fourth-order valence-corrected chi connectivity index (χ4v) is 2.95. The zero-order chi connectivity index (χ0) is 17.0. The lowest BCUT2D eigenvalue weighted by atomic mass is 10.1. The first-order valence-electron chi connectivity index (χ1n) is 7.67. The number of rotatable bonds is 7. The molecule has 7 heteroatoms. The molecule has 0 N–H and O–H groups in total. The van der Waals surface area contributed by atoms with Crippen molar-refractivity contribution >= 4 is 45.3 Å². The van der Waals surface area contributed by atoms with Crippen molar-refractivity contribution in [2.24, 2.45) is 0 Å². The van der Waals surface area contributed by atoms with Gasteiger partial charge in [-0.3, -0.25) is 0 Å². The summed E-state index contributed by atoms with van der Waals surface area (Å²) in [5.41, 5.74) is 1.38. The Morgan fingerprint density at radius 2 is 1.96 bits per heavy atom. The van der Waals surface area contributed by atoms with Crippen LogP contribution in [-0.2, 0) is 4.74 Å². The molecule has 0 atom stereocenters. The molecule has 1 heterocycles. The van der Waals surface area contributed by atoms with E-state index in [1.165, 1.54) is 0 Å². The average Bonchev–Trinajstić information content (AvgIpc) is 2.87. The molecule has 0 fully saturated rings. The summed E-state index contributed by atoms with van der Waals surface area (Å²) in [5.74, 6) is 0.480. The highest BCUT2D eigenvalue weighted by Crippen LogP contribution is 2.34. The van der Waals surface area contributed by atoms with E-state index in [2.05, 4.69) is 34.7 Å². The van der Waals surface area contributed by atoms with E-state index in [0.717, 1.165) is 35.1 Å². The third kappa shape index (κ3) is 4.43. The first-order chi connectivity index (χ1) is 11.0. The van der Waals surface area contributed by atoms with Crippen molar-refractivity contribution in [1.29, 1.82) is 0 Å². The minimum Gasteiger partial charge on any atom is -0.495 e. The van der Waals surface area contributed by atoms with Crippen LogP contribution in [0.1, 0.15) is 30.0 Å². The van der Waals surface area contributed by atoms with Crippen LogP contribution in [0.15, 0.2) is 21.0 Å². The Morgan fingerprint density at radius 1 is 1.29 bits per heavy atom. The summed E-state index contributed by atoms with van der Waals surface area (Å²) in [4.78, 5) is 14.5. The number of furan rings is 1. The van der Waals surface area contributed by atoms with E-state index in [9.17, 15) is 4.79 Å². The largest absolute Gasteiger partial charge is 0.495 e. The van der Waals surface area contributed by atoms with Gasteiger partial charge in [0.25, 0.3) is 0 Å². The number of nitrogens with zero attached hydrogens (tertiary/aromatic N) is 1. The van der Waals surface area contributed by atoms with Gasteiger partial charge in [-0.15, -0.1) is 12.4 Å². The summed E-state index contributed by atoms with van der Waals surface area (Å²) in [6.45, 7) is 8.96. The standard InChI is InChI=1S/C17H22BrNO4.ClH/c1-5-19(6-2)7-8-22-17(20)16-11(3)12-9-13(18)15(21-4)10-14(12)23-16;/h9-10H,5-8H2,1-4H3;1H. The second kappa shape index (κ2) is 9.30. The number of hydrogen-bond acceptors (Lipinski definition) is 5. The first-order valence-corrected chi connectivity index (χ1v) is 8.47. The Kier molecular flexibility index (Phi) is 8.06. The number of esters is 1. The van der Waals surface area contributed by atoms with Crippen molar-refractivity contribution in [2.75, 3.05) is 33.4 Å². The fraction of sp³-hybridized carbons (Fsp3) is 0.471. The van der Waals surface area contributed by atoms with Crippen molar-refractivity contribution in [1.82, 2.24) is 4.90 Å². The van der Waals surface area contributed by atoms with Gasteiger partial charge in [0.2, 0.25) is 5.76 Å². The maximum absolute atomic E-state index is 12.3. The van der Waals surface area contributed by atoms with Gasteiger partial charge >= 0.3 is 5.97 Å². The highest BCUT2D eigenvalue weighted by atomic mass is 79.9. The summed E-state index contributed by atoms with van der Waals surface area (Å²) in [7, 11) is 1.59. The van der Waals surface area contributed by atoms with Crippen LogP contribution in [-0.4, -0.2) is 44.2 Å². The van der Waals surface area contributed by atoms with Gasteiger partial charge in [0.15, 0.2) is 0 Å². The Labute approximate surface area is 156 Å². The quantitative estimate of drug-likeness (QED) is 0.620. The van der Waals surface area contributed by atoms with Gasteiger partial charge in [-0.25, -0.2) is 4.79 Å². The first kappa shape index (κ1) is 20.8. The molecule has 0 aliphatic rings. The van der Waals surface area contributed by atoms with Gasteiger partial charge in [-0.2, -0.15) is 0 Å². The molecule has 0 aliphatic heterocycles. The van der Waals surface area contributed by atoms with Crippen LogP contribution >= 0.6 is 28.3 Å². The molecule has 0 spiro atoms. The Balaban J connectivity index is 0.00000288. The molecular weight excluding hydrogens is 398 g/mol. The van der Waals surface area contributed by atoms with E-state index >= 15 is 0 Å². The number of aryl methyl sites for hydroxylation is 1. The summed E-state index contributed by atoms with van der Waals surface area (Å²) >= 11 is 3.44. The lowest BCUT2D eigenvalue weighted by Gasteiger charge is -2.17. The van der Waals surface area contributed by atoms with Crippen LogP contribution in [0.5, 0.6) is 5.75 Å². The van der Waals surface area contributed by atoms with Crippen LogP contribution in [0.25, 0.3) is 11.0 Å². The lowest BCUT2D eigenvalue weighted by molar-refractivity contribution is 0.0432. The number of likely N-dealkylation sites (N-methyl/N-ethyl adjacent to an activating group) is 1. The van der Waals surface area contributed by atoms with Crippen LogP contribution in [0.4, 0.5) is 0 Å². The second-order valence-electron chi connectivity index (χ2n) is 5.20. The van der Waals surface area contributed by atoms with Crippen molar-refractivity contribution in [2.45, 2.75) is 20.8 Å². The van der Waals surface area contributed by atoms with Crippen LogP contribution in [0, 0.1) is 6.92 Å². The predicted octanol–water partition coefficient (Wildman–Crippen LogP) is 4.43. The van der Waals surface area contributed by atoms with Crippen LogP contribution in [0.2, 0.25) is 0 Å². The van der Waals surface area contributed by atoms with Gasteiger partial charge in [0.05, 0.1) is 11.6 Å². The third-order valence-electron chi connectivity index (χ3n) is 3.93. The number of fused-ring (bicyclic) bond motifs is 1. The summed E-state index contributed by atoms with van der Waals surface area (Å²) < 4.78 is 17.1. The summed E-state index contributed by atoms with van der Waals surface area (Å²) in [6.07, 6.45) is 0. The van der Waals surface area contributed by atoms with Crippen molar-refractivity contribution in [3.8, 4) is 5.75 Å². The van der Waals surface area contributed by atoms with Gasteiger partial charge in [-0.1, -0.05) is 13.8 Å². The monoisotopic (exact) mass is 419 g/mol. The number of ether oxygens (including phenoxy) is 2. The molecule has 0 bridgehead atoms. The lowest BCUT2D eigenvalue weighted by Crippen LogP contribution is -2.27. The third-order valence-corrected chi connectivity index (χ3v) is 4.55. The Bertz CT molecular complexity index is 697. The molecule has 0 saturated heterocycles. The molecule has 24 heavy (non-hydrogen) atoms. The summed E-state index contributed by atoms with van der Waals surface area (Å²) in [5, 5.41) is 0.869. The smallest absolute Gasteiger partial charge is 0.374 e. The number of methoxy groups -OCH3 is 1. The molecule has 0 aliphatic carbocycles. The van der Waals surface area contributed by atoms with E-state index in [4.69, 9.17) is 13.9 Å². The molecule has 5 nitrogen and oxygen atoms in total. The molecule has 1 aromatic carbocycles. The minimum absolute atomic E-state index is 0. The maximum Gasteiger partial charge on any atom is 0.374 e. The van der Waals surface area contributed by atoms with Crippen LogP contribution in [0.3, 0.4) is 0 Å². The SMILES string of the molecule is CCN(CC)CCOC(=O)c1oc2cc(OC)c(Br)cc2c1C.Cl. The van der Waals surface area contributed by atoms with Gasteiger partial charge in [-0.05, 0) is 42.0 Å². The maximum atomic E-state index is 12.3. The van der Waals surface area contributed by atoms with E-state index in [-0.39, 0.29) is 18.2 Å². The highest BCUT2D eigenvalue weighted by molar-refractivity contribution is 9.10. The molecule has 0 amide bonds. The van der Waals surface area contributed by atoms with Gasteiger partial charge < -0.3 is 18.8 Å². The Morgan fingerprint density at radius 3 is 2.54 bits per heavy atom. The second-order valence-corrected chi connectivity index (χ2v) is 6.06. The molecule has 0 unspecified atom stereocenters. The van der Waals surface area contributed by atoms with Gasteiger partial charge in [0.1, 0.15) is 17.9 Å². The zero-order valence-corrected chi connectivity index (χ0v) is 16.8. The van der Waals surface area contributed by atoms with E-state index in [1.54, 1.807) is 13.2 Å². The number of hydrogen-bond donors (Lipinski definition) is 0. The molecular formula is C17H23BrClNO4. The Hall–Kier alpha value is -1.24. The number of benzene rings is 1. The van der Waals surface area contributed by atoms with E-state index in [0.29, 0.717) is 17.9 Å². The van der Waals surface area contributed by atoms with Crippen molar-refractivity contribution < 1.29 is 18.7 Å². The summed E-state index contributed by atoms with van der Waals surface area (Å²) in [6, 6.07) is 3.65. The average molecular weight is 421 g/mol. The van der Waals surface area contributed by atoms with E-state index in [1.807, 2.05) is 13.0 Å². The van der Waals surface area contributed by atoms with Gasteiger partial charge in [0, 0.05) is 23.6 Å². The predicted molar refractivity (Wildman–Crippen MR) is 101 cm³/mol. The molecule has 2 aromatic rings. The van der Waals surface area contributed by atoms with Crippen molar-refractivity contribution in [3.05, 3.63) is 27.9 Å². The number of halogens is 2. The number of carbonyl (C=O) groups is 1. The molecule has 134 valence electrons. The van der Waals surface area contributed by atoms with Crippen molar-refractivity contribution in [3.63, 3.8) is 0 Å². The highest BCUT2D eigenvalue weighted by Gasteiger charge is 2.20. The molecule has 2 rings (SSSR count). The molecule has 0 radical (unpaired) electrons. The minimum atomic E-state index is -0.430. The normalized spacial score (nSPS) is 10.8. The van der Waals surface area contributed by atoms with E-state index < -0.39 is 5.97 Å². The molecule has 1 aromatic heterocycles. The zero-order valence-electron chi connectivity index (χ0n) is 14.3. The van der Waals surface area contributed by atoms with Crippen LogP contribution < -0.4 is 4.74 Å². The topological polar surface area (TPSA) is 51.9 Å². The number of carbonyl (C=O) groups excluding carboxylic acids is 1. The molecule has 0 saturated carbocycles. The fourth-order valence-electron chi connectivity index (χ4n) is 2.45.